The third-order valence-corrected chi connectivity index (χ3v) is 2.68. The van der Waals surface area contributed by atoms with Gasteiger partial charge in [0.1, 0.15) is 11.2 Å². The van der Waals surface area contributed by atoms with Gasteiger partial charge >= 0.3 is 0 Å². The Balaban J connectivity index is 2.73. The molecule has 0 radical (unpaired) electrons. The number of hydrogen-bond donors (Lipinski definition) is 0. The van der Waals surface area contributed by atoms with E-state index in [2.05, 4.69) is 15.9 Å². The minimum absolute atomic E-state index is 0.0123. The molecule has 0 saturated carbocycles. The van der Waals surface area contributed by atoms with E-state index in [0.29, 0.717) is 0 Å². The zero-order valence-corrected chi connectivity index (χ0v) is 9.51. The Bertz CT molecular complexity index is 861. The van der Waals surface area contributed by atoms with Gasteiger partial charge in [-0.1, -0.05) is 33.6 Å². The average molecular weight is 288 g/mol. The summed E-state index contributed by atoms with van der Waals surface area (Å²) in [4.78, 5) is 0. The van der Waals surface area contributed by atoms with Crippen LogP contribution in [0, 0.1) is 0 Å². The summed E-state index contributed by atoms with van der Waals surface area (Å²) in [6.07, 6.45) is 0. The molecule has 15 heavy (non-hydrogen) atoms. The topological polar surface area (TPSA) is 13.1 Å². The smallest absolute Gasteiger partial charge is 0.136 e. The summed E-state index contributed by atoms with van der Waals surface area (Å²) in [6.45, 7) is 0. The SMILES string of the molecule is [2H]c1c([2H])c(Cl)c2c(oc3c([2H])c(Br)c([2H])c([2H])c32)c1[2H]. The zero-order chi connectivity index (χ0) is 15.6. The molecule has 3 aromatic rings. The summed E-state index contributed by atoms with van der Waals surface area (Å²) in [5.41, 5.74) is -0.0335. The van der Waals surface area contributed by atoms with Gasteiger partial charge in [-0.15, -0.1) is 0 Å². The molecule has 0 bridgehead atoms. The standard InChI is InChI=1S/C12H6BrClO/c13-7-4-5-8-11(6-7)15-10-3-1-2-9(14)12(8)10/h1-6H/i1D,2D,3D,4D,5D,6D. The summed E-state index contributed by atoms with van der Waals surface area (Å²) in [5.74, 6) is 0. The van der Waals surface area contributed by atoms with Crippen LogP contribution in [-0.4, -0.2) is 0 Å². The van der Waals surface area contributed by atoms with Crippen LogP contribution in [0.4, 0.5) is 0 Å². The van der Waals surface area contributed by atoms with Gasteiger partial charge in [-0.3, -0.25) is 0 Å². The molecule has 3 rings (SSSR count). The Labute approximate surface area is 108 Å². The quantitative estimate of drug-likeness (QED) is 0.567. The molecule has 0 unspecified atom stereocenters. The van der Waals surface area contributed by atoms with Gasteiger partial charge in [-0.2, -0.15) is 0 Å². The van der Waals surface area contributed by atoms with E-state index >= 15 is 0 Å². The highest BCUT2D eigenvalue weighted by Crippen LogP contribution is 2.34. The van der Waals surface area contributed by atoms with Crippen molar-refractivity contribution in [3.63, 3.8) is 0 Å². The van der Waals surface area contributed by atoms with Gasteiger partial charge in [0.05, 0.1) is 13.2 Å². The van der Waals surface area contributed by atoms with Crippen molar-refractivity contribution in [1.82, 2.24) is 0 Å². The maximum Gasteiger partial charge on any atom is 0.136 e. The number of furan rings is 1. The van der Waals surface area contributed by atoms with Crippen LogP contribution in [0.2, 0.25) is 5.02 Å². The molecule has 1 heterocycles. The maximum absolute atomic E-state index is 8.03. The van der Waals surface area contributed by atoms with Gasteiger partial charge in [0.2, 0.25) is 0 Å². The van der Waals surface area contributed by atoms with Crippen molar-refractivity contribution in [2.24, 2.45) is 0 Å². The van der Waals surface area contributed by atoms with Crippen molar-refractivity contribution in [2.45, 2.75) is 0 Å². The van der Waals surface area contributed by atoms with Crippen LogP contribution in [-0.2, 0) is 0 Å². The second-order valence-electron chi connectivity index (χ2n) is 2.89. The molecular formula is C12H6BrClO. The van der Waals surface area contributed by atoms with Crippen molar-refractivity contribution < 1.29 is 12.6 Å². The normalized spacial score (nSPS) is 16.9. The van der Waals surface area contributed by atoms with Crippen LogP contribution in [0.1, 0.15) is 8.22 Å². The predicted molar refractivity (Wildman–Crippen MR) is 66.4 cm³/mol. The molecule has 1 nitrogen and oxygen atoms in total. The molecular weight excluding hydrogens is 275 g/mol. The lowest BCUT2D eigenvalue weighted by Crippen LogP contribution is -1.68. The molecule has 74 valence electrons. The molecule has 0 N–H and O–H groups in total. The molecule has 0 aliphatic rings. The monoisotopic (exact) mass is 286 g/mol. The Morgan fingerprint density at radius 3 is 2.93 bits per heavy atom. The van der Waals surface area contributed by atoms with Gasteiger partial charge < -0.3 is 4.42 Å². The fraction of sp³-hybridized carbons (Fsp3) is 0. The van der Waals surface area contributed by atoms with Crippen LogP contribution in [0.15, 0.2) is 45.1 Å². The Morgan fingerprint density at radius 1 is 1.20 bits per heavy atom. The minimum atomic E-state index is -0.380. The summed E-state index contributed by atoms with van der Waals surface area (Å²) in [6, 6.07) is -1.57. The lowest BCUT2D eigenvalue weighted by Gasteiger charge is -1.92. The second kappa shape index (κ2) is 3.26. The largest absolute Gasteiger partial charge is 0.456 e. The Kier molecular flexibility index (Phi) is 1.06. The Morgan fingerprint density at radius 2 is 2.07 bits per heavy atom. The van der Waals surface area contributed by atoms with Gasteiger partial charge in [-0.25, -0.2) is 0 Å². The van der Waals surface area contributed by atoms with Crippen LogP contribution >= 0.6 is 27.5 Å². The summed E-state index contributed by atoms with van der Waals surface area (Å²) in [5, 5.41) is 0.145. The fourth-order valence-electron chi connectivity index (χ4n) is 1.39. The highest BCUT2D eigenvalue weighted by Gasteiger charge is 2.09. The molecule has 1 aromatic heterocycles. The first kappa shape index (κ1) is 4.89. The van der Waals surface area contributed by atoms with Crippen LogP contribution in [0.25, 0.3) is 21.9 Å². The van der Waals surface area contributed by atoms with Crippen LogP contribution in [0.5, 0.6) is 0 Å². The average Bonchev–Trinajstić information content (AvgIpc) is 2.87. The van der Waals surface area contributed by atoms with Crippen molar-refractivity contribution in [1.29, 1.82) is 0 Å². The van der Waals surface area contributed by atoms with E-state index in [4.69, 9.17) is 24.2 Å². The molecule has 2 aromatic carbocycles. The second-order valence-corrected chi connectivity index (χ2v) is 4.06. The minimum Gasteiger partial charge on any atom is -0.456 e. The van der Waals surface area contributed by atoms with Crippen LogP contribution in [0.3, 0.4) is 0 Å². The molecule has 0 amide bonds. The van der Waals surface area contributed by atoms with Crippen molar-refractivity contribution >= 4 is 49.5 Å². The summed E-state index contributed by atoms with van der Waals surface area (Å²) in [7, 11) is 0. The van der Waals surface area contributed by atoms with Crippen molar-refractivity contribution in [3.8, 4) is 0 Å². The van der Waals surface area contributed by atoms with E-state index in [9.17, 15) is 0 Å². The highest BCUT2D eigenvalue weighted by atomic mass is 79.9. The summed E-state index contributed by atoms with van der Waals surface area (Å²) < 4.78 is 52.7. The number of benzene rings is 2. The molecule has 0 aliphatic heterocycles. The molecule has 0 spiro atoms. The first-order valence-electron chi connectivity index (χ1n) is 7.04. The van der Waals surface area contributed by atoms with E-state index in [-0.39, 0.29) is 67.7 Å². The van der Waals surface area contributed by atoms with Crippen molar-refractivity contribution in [2.75, 3.05) is 0 Å². The zero-order valence-electron chi connectivity index (χ0n) is 13.2. The summed E-state index contributed by atoms with van der Waals surface area (Å²) >= 11 is 9.14. The van der Waals surface area contributed by atoms with E-state index < -0.39 is 0 Å². The van der Waals surface area contributed by atoms with E-state index in [0.717, 1.165) is 0 Å². The highest BCUT2D eigenvalue weighted by molar-refractivity contribution is 9.10. The molecule has 3 heteroatoms. The number of hydrogen-bond acceptors (Lipinski definition) is 1. The first-order valence-corrected chi connectivity index (χ1v) is 5.21. The Hall–Kier alpha value is -0.990. The lowest BCUT2D eigenvalue weighted by molar-refractivity contribution is 0.668. The fourth-order valence-corrected chi connectivity index (χ4v) is 1.90. The van der Waals surface area contributed by atoms with E-state index in [1.165, 1.54) is 0 Å². The van der Waals surface area contributed by atoms with E-state index in [1.54, 1.807) is 0 Å². The number of halogens is 2. The van der Waals surface area contributed by atoms with Gasteiger partial charge in [0.15, 0.2) is 0 Å². The van der Waals surface area contributed by atoms with Gasteiger partial charge in [-0.05, 0) is 30.2 Å². The molecule has 0 fully saturated rings. The van der Waals surface area contributed by atoms with Gasteiger partial charge in [0.25, 0.3) is 0 Å². The lowest BCUT2D eigenvalue weighted by atomic mass is 10.1. The molecule has 0 atom stereocenters. The van der Waals surface area contributed by atoms with Crippen LogP contribution < -0.4 is 0 Å². The van der Waals surface area contributed by atoms with Gasteiger partial charge in [0, 0.05) is 15.2 Å². The predicted octanol–water partition coefficient (Wildman–Crippen LogP) is 5.00. The molecule has 0 aliphatic carbocycles. The molecule has 0 saturated heterocycles. The third-order valence-electron chi connectivity index (χ3n) is 2.00. The number of fused-ring (bicyclic) bond motifs is 3. The van der Waals surface area contributed by atoms with Crippen molar-refractivity contribution in [3.05, 3.63) is 45.7 Å². The third kappa shape index (κ3) is 1.36. The number of rotatable bonds is 0. The first-order chi connectivity index (χ1) is 9.77. The van der Waals surface area contributed by atoms with E-state index in [1.807, 2.05) is 0 Å². The maximum atomic E-state index is 8.03.